The fourth-order valence-electron chi connectivity index (χ4n) is 1.98. The molecule has 0 radical (unpaired) electrons. The molecule has 1 fully saturated rings. The van der Waals surface area contributed by atoms with E-state index in [9.17, 15) is 0 Å². The van der Waals surface area contributed by atoms with E-state index in [1.165, 1.54) is 22.5 Å². The van der Waals surface area contributed by atoms with Crippen LogP contribution in [0, 0.1) is 5.92 Å². The first-order valence-electron chi connectivity index (χ1n) is 5.81. The van der Waals surface area contributed by atoms with Gasteiger partial charge in [0.2, 0.25) is 0 Å². The number of thiazole rings is 1. The number of hydrogen-bond donors (Lipinski definition) is 0. The summed E-state index contributed by atoms with van der Waals surface area (Å²) in [6, 6.07) is 8.32. The van der Waals surface area contributed by atoms with E-state index < -0.39 is 0 Å². The van der Waals surface area contributed by atoms with E-state index in [0.717, 1.165) is 24.3 Å². The Morgan fingerprint density at radius 2 is 2.19 bits per heavy atom. The number of alkyl halides is 1. The number of para-hydroxylation sites is 1. The minimum absolute atomic E-state index is 0.368. The molecule has 1 aliphatic rings. The van der Waals surface area contributed by atoms with Crippen LogP contribution in [0.1, 0.15) is 24.3 Å². The molecule has 16 heavy (non-hydrogen) atoms. The molecule has 3 heteroatoms. The summed E-state index contributed by atoms with van der Waals surface area (Å²) >= 11 is 8.11. The first kappa shape index (κ1) is 10.5. The van der Waals surface area contributed by atoms with E-state index in [0.29, 0.717) is 5.38 Å². The molecule has 0 bridgehead atoms. The SMILES string of the molecule is ClC(CCc1nc2ccccc2s1)C1CC1. The highest BCUT2D eigenvalue weighted by atomic mass is 35.5. The van der Waals surface area contributed by atoms with Gasteiger partial charge < -0.3 is 0 Å². The molecule has 1 atom stereocenters. The molecule has 1 aromatic carbocycles. The number of hydrogen-bond acceptors (Lipinski definition) is 2. The molecule has 1 saturated carbocycles. The van der Waals surface area contributed by atoms with Crippen molar-refractivity contribution in [1.29, 1.82) is 0 Å². The average molecular weight is 252 g/mol. The fraction of sp³-hybridized carbons (Fsp3) is 0.462. The third-order valence-electron chi connectivity index (χ3n) is 3.11. The summed E-state index contributed by atoms with van der Waals surface area (Å²) < 4.78 is 1.29. The largest absolute Gasteiger partial charge is 0.241 e. The van der Waals surface area contributed by atoms with Gasteiger partial charge in [-0.3, -0.25) is 0 Å². The van der Waals surface area contributed by atoms with Gasteiger partial charge in [0.1, 0.15) is 0 Å². The summed E-state index contributed by atoms with van der Waals surface area (Å²) in [6.45, 7) is 0. The standard InChI is InChI=1S/C13H14ClNS/c14-10(9-5-6-9)7-8-13-15-11-3-1-2-4-12(11)16-13/h1-4,9-10H,5-8H2. The van der Waals surface area contributed by atoms with Crippen LogP contribution in [0.15, 0.2) is 24.3 Å². The van der Waals surface area contributed by atoms with Crippen LogP contribution >= 0.6 is 22.9 Å². The highest BCUT2D eigenvalue weighted by molar-refractivity contribution is 7.18. The van der Waals surface area contributed by atoms with Gasteiger partial charge in [0.05, 0.1) is 15.2 Å². The number of rotatable bonds is 4. The van der Waals surface area contributed by atoms with E-state index in [4.69, 9.17) is 11.6 Å². The Hall–Kier alpha value is -0.600. The average Bonchev–Trinajstić information content (AvgIpc) is 3.06. The normalized spacial score (nSPS) is 17.8. The molecule has 0 aliphatic heterocycles. The predicted octanol–water partition coefficient (Wildman–Crippen LogP) is 4.25. The van der Waals surface area contributed by atoms with Gasteiger partial charge in [-0.15, -0.1) is 22.9 Å². The molecule has 0 spiro atoms. The maximum absolute atomic E-state index is 6.30. The summed E-state index contributed by atoms with van der Waals surface area (Å²) in [7, 11) is 0. The molecular weight excluding hydrogens is 238 g/mol. The molecule has 1 aliphatic carbocycles. The van der Waals surface area contributed by atoms with Crippen LogP contribution in [-0.2, 0) is 6.42 Å². The second-order valence-electron chi connectivity index (χ2n) is 4.47. The molecule has 0 saturated heterocycles. The molecule has 84 valence electrons. The van der Waals surface area contributed by atoms with E-state index >= 15 is 0 Å². The van der Waals surface area contributed by atoms with Gasteiger partial charge in [0.15, 0.2) is 0 Å². The van der Waals surface area contributed by atoms with Crippen LogP contribution in [0.2, 0.25) is 0 Å². The number of halogens is 1. The molecule has 1 heterocycles. The van der Waals surface area contributed by atoms with Crippen molar-refractivity contribution in [3.63, 3.8) is 0 Å². The summed E-state index contributed by atoms with van der Waals surface area (Å²) in [5.74, 6) is 0.788. The third-order valence-corrected chi connectivity index (χ3v) is 4.78. The maximum Gasteiger partial charge on any atom is 0.0939 e. The molecule has 3 rings (SSSR count). The van der Waals surface area contributed by atoms with Gasteiger partial charge in [-0.25, -0.2) is 4.98 Å². The Bertz CT molecular complexity index is 456. The highest BCUT2D eigenvalue weighted by Crippen LogP contribution is 2.38. The van der Waals surface area contributed by atoms with Crippen LogP contribution in [0.4, 0.5) is 0 Å². The lowest BCUT2D eigenvalue weighted by Gasteiger charge is -2.04. The van der Waals surface area contributed by atoms with E-state index in [1.54, 1.807) is 11.3 Å². The second-order valence-corrected chi connectivity index (χ2v) is 6.14. The number of aryl methyl sites for hydroxylation is 1. The summed E-state index contributed by atoms with van der Waals surface area (Å²) in [5.41, 5.74) is 1.13. The van der Waals surface area contributed by atoms with Crippen molar-refractivity contribution in [3.05, 3.63) is 29.3 Å². The monoisotopic (exact) mass is 251 g/mol. The molecule has 1 unspecified atom stereocenters. The van der Waals surface area contributed by atoms with Gasteiger partial charge in [-0.1, -0.05) is 12.1 Å². The van der Waals surface area contributed by atoms with Crippen LogP contribution in [0.25, 0.3) is 10.2 Å². The lowest BCUT2D eigenvalue weighted by molar-refractivity contribution is 0.675. The predicted molar refractivity (Wildman–Crippen MR) is 70.3 cm³/mol. The lowest BCUT2D eigenvalue weighted by Crippen LogP contribution is -2.02. The van der Waals surface area contributed by atoms with E-state index in [2.05, 4.69) is 23.2 Å². The molecule has 1 aromatic heterocycles. The number of nitrogens with zero attached hydrogens (tertiary/aromatic N) is 1. The Morgan fingerprint density at radius 1 is 1.38 bits per heavy atom. The van der Waals surface area contributed by atoms with Gasteiger partial charge >= 0.3 is 0 Å². The fourth-order valence-corrected chi connectivity index (χ4v) is 3.33. The Morgan fingerprint density at radius 3 is 2.94 bits per heavy atom. The minimum Gasteiger partial charge on any atom is -0.241 e. The smallest absolute Gasteiger partial charge is 0.0939 e. The van der Waals surface area contributed by atoms with Crippen molar-refractivity contribution in [3.8, 4) is 0 Å². The number of aromatic nitrogens is 1. The van der Waals surface area contributed by atoms with Crippen molar-refractivity contribution in [2.45, 2.75) is 31.1 Å². The van der Waals surface area contributed by atoms with Crippen molar-refractivity contribution in [2.75, 3.05) is 0 Å². The second kappa shape index (κ2) is 4.34. The van der Waals surface area contributed by atoms with Crippen molar-refractivity contribution in [2.24, 2.45) is 5.92 Å². The zero-order valence-corrected chi connectivity index (χ0v) is 10.6. The minimum atomic E-state index is 0.368. The third kappa shape index (κ3) is 2.23. The summed E-state index contributed by atoms with van der Waals surface area (Å²) in [5, 5.41) is 1.60. The van der Waals surface area contributed by atoms with Crippen LogP contribution in [0.3, 0.4) is 0 Å². The molecule has 0 amide bonds. The Balaban J connectivity index is 1.69. The molecule has 1 nitrogen and oxygen atoms in total. The maximum atomic E-state index is 6.30. The van der Waals surface area contributed by atoms with Gasteiger partial charge in [0.25, 0.3) is 0 Å². The quantitative estimate of drug-likeness (QED) is 0.741. The zero-order chi connectivity index (χ0) is 11.0. The molecule has 0 N–H and O–H groups in total. The molecule has 2 aromatic rings. The number of benzene rings is 1. The summed E-state index contributed by atoms with van der Waals surface area (Å²) in [4.78, 5) is 4.62. The molecular formula is C13H14ClNS. The number of fused-ring (bicyclic) bond motifs is 1. The van der Waals surface area contributed by atoms with Crippen molar-refractivity contribution < 1.29 is 0 Å². The zero-order valence-electron chi connectivity index (χ0n) is 9.03. The van der Waals surface area contributed by atoms with Gasteiger partial charge in [0, 0.05) is 11.8 Å². The summed E-state index contributed by atoms with van der Waals surface area (Å²) in [6.07, 6.45) is 4.76. The van der Waals surface area contributed by atoms with E-state index in [1.807, 2.05) is 6.07 Å². The van der Waals surface area contributed by atoms with Crippen molar-refractivity contribution >= 4 is 33.2 Å². The lowest BCUT2D eigenvalue weighted by atomic mass is 10.2. The Kier molecular flexibility index (Phi) is 2.86. The van der Waals surface area contributed by atoms with E-state index in [-0.39, 0.29) is 0 Å². The first-order valence-corrected chi connectivity index (χ1v) is 7.07. The van der Waals surface area contributed by atoms with Crippen LogP contribution in [-0.4, -0.2) is 10.4 Å². The Labute approximate surface area is 104 Å². The van der Waals surface area contributed by atoms with Gasteiger partial charge in [-0.2, -0.15) is 0 Å². The van der Waals surface area contributed by atoms with Crippen LogP contribution in [0.5, 0.6) is 0 Å². The topological polar surface area (TPSA) is 12.9 Å². The van der Waals surface area contributed by atoms with Crippen LogP contribution < -0.4 is 0 Å². The van der Waals surface area contributed by atoms with Gasteiger partial charge in [-0.05, 0) is 37.3 Å². The first-order chi connectivity index (χ1) is 7.83. The van der Waals surface area contributed by atoms with Crippen molar-refractivity contribution in [1.82, 2.24) is 4.98 Å². The highest BCUT2D eigenvalue weighted by Gasteiger charge is 2.29.